The smallest absolute Gasteiger partial charge is 0.0112 e. The summed E-state index contributed by atoms with van der Waals surface area (Å²) in [7, 11) is 0. The van der Waals surface area contributed by atoms with Gasteiger partial charge in [-0.15, -0.1) is 11.3 Å². The maximum absolute atomic E-state index is 3.43. The molecule has 0 saturated carbocycles. The van der Waals surface area contributed by atoms with Crippen molar-refractivity contribution in [2.24, 2.45) is 0 Å². The Hall–Kier alpha value is -0.340. The molecule has 0 unspecified atom stereocenters. The van der Waals surface area contributed by atoms with Gasteiger partial charge < -0.3 is 5.32 Å². The summed E-state index contributed by atoms with van der Waals surface area (Å²) >= 11 is 1.96. The molecule has 1 aromatic heterocycles. The zero-order chi connectivity index (χ0) is 9.97. The lowest BCUT2D eigenvalue weighted by Crippen LogP contribution is -2.26. The van der Waals surface area contributed by atoms with Gasteiger partial charge in [0.25, 0.3) is 0 Å². The fourth-order valence-electron chi connectivity index (χ4n) is 2.22. The first kappa shape index (κ1) is 10.2. The number of rotatable bonds is 2. The van der Waals surface area contributed by atoms with Crippen molar-refractivity contribution >= 4 is 11.3 Å². The Morgan fingerprint density at radius 1 is 1.36 bits per heavy atom. The van der Waals surface area contributed by atoms with Crippen molar-refractivity contribution in [1.29, 1.82) is 0 Å². The Kier molecular flexibility index (Phi) is 3.24. The Morgan fingerprint density at radius 3 is 2.71 bits per heavy atom. The second-order valence-corrected chi connectivity index (χ2v) is 5.37. The summed E-state index contributed by atoms with van der Waals surface area (Å²) in [6, 6.07) is 2.31. The molecular weight excluding hydrogens is 190 g/mol. The Balaban J connectivity index is 2.17. The predicted octanol–water partition coefficient (Wildman–Crippen LogP) is 3.34. The number of hydrogen-bond donors (Lipinski definition) is 1. The lowest BCUT2D eigenvalue weighted by molar-refractivity contribution is 0.462. The van der Waals surface area contributed by atoms with Crippen LogP contribution in [0, 0.1) is 0 Å². The maximum atomic E-state index is 3.43. The summed E-state index contributed by atoms with van der Waals surface area (Å²) < 4.78 is 0. The van der Waals surface area contributed by atoms with Crippen LogP contribution in [0.3, 0.4) is 0 Å². The van der Waals surface area contributed by atoms with Crippen molar-refractivity contribution < 1.29 is 0 Å². The minimum absolute atomic E-state index is 0.686. The highest BCUT2D eigenvalue weighted by molar-refractivity contribution is 7.10. The molecule has 0 aliphatic carbocycles. The minimum atomic E-state index is 0.686. The van der Waals surface area contributed by atoms with Gasteiger partial charge in [0.2, 0.25) is 0 Å². The second kappa shape index (κ2) is 4.45. The van der Waals surface area contributed by atoms with Gasteiger partial charge in [-0.25, -0.2) is 0 Å². The Morgan fingerprint density at radius 2 is 2.07 bits per heavy atom. The third-order valence-corrected chi connectivity index (χ3v) is 4.15. The van der Waals surface area contributed by atoms with Crippen molar-refractivity contribution in [3.63, 3.8) is 0 Å². The van der Waals surface area contributed by atoms with E-state index in [-0.39, 0.29) is 0 Å². The molecule has 2 heterocycles. The summed E-state index contributed by atoms with van der Waals surface area (Å²) in [6.07, 6.45) is 2.64. The first-order chi connectivity index (χ1) is 6.79. The molecule has 1 saturated heterocycles. The van der Waals surface area contributed by atoms with Crippen molar-refractivity contribution in [2.45, 2.75) is 38.5 Å². The van der Waals surface area contributed by atoms with Crippen LogP contribution < -0.4 is 5.32 Å². The third-order valence-electron chi connectivity index (χ3n) is 3.06. The van der Waals surface area contributed by atoms with Crippen LogP contribution in [0.25, 0.3) is 0 Å². The van der Waals surface area contributed by atoms with Crippen LogP contribution in [-0.2, 0) is 0 Å². The predicted molar refractivity (Wildman–Crippen MR) is 63.3 cm³/mol. The SMILES string of the molecule is CC(C)c1ccsc1C1CCNCC1. The zero-order valence-electron chi connectivity index (χ0n) is 9.05. The fourth-order valence-corrected chi connectivity index (χ4v) is 3.45. The highest BCUT2D eigenvalue weighted by atomic mass is 32.1. The molecule has 0 atom stereocenters. The monoisotopic (exact) mass is 209 g/mol. The van der Waals surface area contributed by atoms with Gasteiger partial charge >= 0.3 is 0 Å². The van der Waals surface area contributed by atoms with Gasteiger partial charge in [-0.1, -0.05) is 13.8 Å². The summed E-state index contributed by atoms with van der Waals surface area (Å²) in [6.45, 7) is 6.99. The van der Waals surface area contributed by atoms with E-state index in [1.54, 1.807) is 10.4 Å². The average molecular weight is 209 g/mol. The molecule has 0 spiro atoms. The minimum Gasteiger partial charge on any atom is -0.317 e. The van der Waals surface area contributed by atoms with E-state index in [9.17, 15) is 0 Å². The van der Waals surface area contributed by atoms with E-state index < -0.39 is 0 Å². The number of thiophene rings is 1. The highest BCUT2D eigenvalue weighted by Gasteiger charge is 2.20. The van der Waals surface area contributed by atoms with Crippen molar-refractivity contribution in [1.82, 2.24) is 5.32 Å². The average Bonchev–Trinajstić information content (AvgIpc) is 2.67. The second-order valence-electron chi connectivity index (χ2n) is 4.42. The van der Waals surface area contributed by atoms with Crippen molar-refractivity contribution in [3.8, 4) is 0 Å². The molecule has 14 heavy (non-hydrogen) atoms. The molecule has 2 rings (SSSR count). The van der Waals surface area contributed by atoms with Gasteiger partial charge in [-0.2, -0.15) is 0 Å². The fraction of sp³-hybridized carbons (Fsp3) is 0.667. The summed E-state index contributed by atoms with van der Waals surface area (Å²) in [5.74, 6) is 1.51. The molecule has 1 aliphatic heterocycles. The normalized spacial score (nSPS) is 19.1. The van der Waals surface area contributed by atoms with Crippen LogP contribution >= 0.6 is 11.3 Å². The van der Waals surface area contributed by atoms with Crippen LogP contribution in [-0.4, -0.2) is 13.1 Å². The van der Waals surface area contributed by atoms with Gasteiger partial charge in [0.1, 0.15) is 0 Å². The number of nitrogens with one attached hydrogen (secondary N) is 1. The van der Waals surface area contributed by atoms with E-state index in [1.165, 1.54) is 25.9 Å². The lowest BCUT2D eigenvalue weighted by Gasteiger charge is -2.23. The van der Waals surface area contributed by atoms with Gasteiger partial charge in [-0.05, 0) is 54.8 Å². The van der Waals surface area contributed by atoms with E-state index in [1.807, 2.05) is 11.3 Å². The molecule has 0 amide bonds. The van der Waals surface area contributed by atoms with Gasteiger partial charge in [0.05, 0.1) is 0 Å². The van der Waals surface area contributed by atoms with Crippen LogP contribution in [0.1, 0.15) is 49.0 Å². The largest absolute Gasteiger partial charge is 0.317 e. The van der Waals surface area contributed by atoms with Crippen LogP contribution in [0.2, 0.25) is 0 Å². The molecule has 78 valence electrons. The summed E-state index contributed by atoms with van der Waals surface area (Å²) in [4.78, 5) is 1.65. The summed E-state index contributed by atoms with van der Waals surface area (Å²) in [5.41, 5.74) is 1.59. The van der Waals surface area contributed by atoms with Gasteiger partial charge in [-0.3, -0.25) is 0 Å². The van der Waals surface area contributed by atoms with E-state index in [0.29, 0.717) is 5.92 Å². The molecule has 1 N–H and O–H groups in total. The standard InChI is InChI=1S/C12H19NS/c1-9(2)11-5-8-14-12(11)10-3-6-13-7-4-10/h5,8-10,13H,3-4,6-7H2,1-2H3. The molecule has 1 aromatic rings. The number of piperidine rings is 1. The maximum Gasteiger partial charge on any atom is 0.0112 e. The topological polar surface area (TPSA) is 12.0 Å². The van der Waals surface area contributed by atoms with Crippen LogP contribution in [0.5, 0.6) is 0 Å². The molecule has 0 radical (unpaired) electrons. The van der Waals surface area contributed by atoms with Crippen molar-refractivity contribution in [2.75, 3.05) is 13.1 Å². The quantitative estimate of drug-likeness (QED) is 0.787. The first-order valence-electron chi connectivity index (χ1n) is 5.57. The Labute approximate surface area is 90.5 Å². The lowest BCUT2D eigenvalue weighted by atomic mass is 9.91. The zero-order valence-corrected chi connectivity index (χ0v) is 9.86. The van der Waals surface area contributed by atoms with Crippen molar-refractivity contribution in [3.05, 3.63) is 21.9 Å². The Bertz CT molecular complexity index is 284. The first-order valence-corrected chi connectivity index (χ1v) is 6.45. The van der Waals surface area contributed by atoms with E-state index in [2.05, 4.69) is 30.6 Å². The molecule has 1 nitrogen and oxygen atoms in total. The molecular formula is C12H19NS. The molecule has 0 bridgehead atoms. The highest BCUT2D eigenvalue weighted by Crippen LogP contribution is 2.35. The van der Waals surface area contributed by atoms with E-state index in [4.69, 9.17) is 0 Å². The van der Waals surface area contributed by atoms with Gasteiger partial charge in [0, 0.05) is 4.88 Å². The number of hydrogen-bond acceptors (Lipinski definition) is 2. The van der Waals surface area contributed by atoms with Crippen LogP contribution in [0.15, 0.2) is 11.4 Å². The third kappa shape index (κ3) is 2.01. The molecule has 1 aliphatic rings. The van der Waals surface area contributed by atoms with Crippen LogP contribution in [0.4, 0.5) is 0 Å². The van der Waals surface area contributed by atoms with E-state index >= 15 is 0 Å². The summed E-state index contributed by atoms with van der Waals surface area (Å²) in [5, 5.41) is 5.69. The molecule has 1 fully saturated rings. The molecule has 0 aromatic carbocycles. The molecule has 2 heteroatoms. The van der Waals surface area contributed by atoms with E-state index in [0.717, 1.165) is 5.92 Å². The van der Waals surface area contributed by atoms with Gasteiger partial charge in [0.15, 0.2) is 0 Å².